The van der Waals surface area contributed by atoms with Gasteiger partial charge in [-0.15, -0.1) is 0 Å². The summed E-state index contributed by atoms with van der Waals surface area (Å²) in [4.78, 5) is 28.1. The van der Waals surface area contributed by atoms with Crippen LogP contribution in [0, 0.1) is 6.92 Å². The Hall–Kier alpha value is -3.81. The number of rotatable bonds is 7. The number of carbonyl (C=O) groups is 2. The van der Waals surface area contributed by atoms with E-state index in [2.05, 4.69) is 10.4 Å². The smallest absolute Gasteiger partial charge is 0.279 e. The molecule has 2 amide bonds. The van der Waals surface area contributed by atoms with Gasteiger partial charge in [0.2, 0.25) is 0 Å². The summed E-state index contributed by atoms with van der Waals surface area (Å²) in [5.74, 6) is 0.617. The Morgan fingerprint density at radius 3 is 2.65 bits per heavy atom. The molecule has 1 aliphatic rings. The van der Waals surface area contributed by atoms with Crippen molar-refractivity contribution in [2.75, 3.05) is 18.6 Å². The summed E-state index contributed by atoms with van der Waals surface area (Å²) in [6, 6.07) is 14.7. The van der Waals surface area contributed by atoms with Crippen LogP contribution < -0.4 is 19.7 Å². The number of carbonyl (C=O) groups excluding carboxylic acids is 2. The normalized spacial score (nSPS) is 15.0. The van der Waals surface area contributed by atoms with E-state index in [4.69, 9.17) is 9.47 Å². The number of nitrogens with zero attached hydrogens (tertiary/aromatic N) is 3. The first kappa shape index (κ1) is 23.4. The summed E-state index contributed by atoms with van der Waals surface area (Å²) in [5.41, 5.74) is 2.67. The maximum absolute atomic E-state index is 13.6. The minimum absolute atomic E-state index is 0.0671. The number of anilines is 1. The van der Waals surface area contributed by atoms with Gasteiger partial charge in [0.05, 0.1) is 19.3 Å². The van der Waals surface area contributed by atoms with E-state index in [0.717, 1.165) is 24.1 Å². The van der Waals surface area contributed by atoms with Gasteiger partial charge in [-0.05, 0) is 55.7 Å². The van der Waals surface area contributed by atoms with Crippen molar-refractivity contribution in [2.24, 2.45) is 0 Å². The Bertz CT molecular complexity index is 1190. The van der Waals surface area contributed by atoms with Gasteiger partial charge in [0.15, 0.2) is 11.8 Å². The fourth-order valence-electron chi connectivity index (χ4n) is 4.04. The molecule has 8 heteroatoms. The number of aryl methyl sites for hydroxylation is 1. The summed E-state index contributed by atoms with van der Waals surface area (Å²) in [6.07, 6.45) is 2.58. The third-order valence-corrected chi connectivity index (χ3v) is 6.03. The molecule has 1 aliphatic heterocycles. The molecule has 3 aromatic rings. The minimum Gasteiger partial charge on any atom is -0.494 e. The highest BCUT2D eigenvalue weighted by Crippen LogP contribution is 2.34. The van der Waals surface area contributed by atoms with Crippen LogP contribution in [0.1, 0.15) is 42.7 Å². The average molecular weight is 463 g/mol. The second-order valence-electron chi connectivity index (χ2n) is 8.33. The number of nitrogens with one attached hydrogen (secondary N) is 1. The summed E-state index contributed by atoms with van der Waals surface area (Å²) in [7, 11) is 1.60. The van der Waals surface area contributed by atoms with Crippen LogP contribution in [0.5, 0.6) is 11.5 Å². The zero-order chi connectivity index (χ0) is 24.2. The highest BCUT2D eigenvalue weighted by Gasteiger charge is 2.35. The number of methoxy groups -OCH3 is 1. The van der Waals surface area contributed by atoms with Crippen molar-refractivity contribution in [1.29, 1.82) is 0 Å². The van der Waals surface area contributed by atoms with Crippen molar-refractivity contribution in [3.8, 4) is 17.2 Å². The Kier molecular flexibility index (Phi) is 6.86. The van der Waals surface area contributed by atoms with Crippen LogP contribution >= 0.6 is 0 Å². The first-order chi connectivity index (χ1) is 16.4. The second kappa shape index (κ2) is 9.99. The fourth-order valence-corrected chi connectivity index (χ4v) is 4.04. The van der Waals surface area contributed by atoms with Gasteiger partial charge in [0.25, 0.3) is 11.8 Å². The largest absolute Gasteiger partial charge is 0.494 e. The minimum atomic E-state index is -0.807. The molecular formula is C26H30N4O4. The lowest BCUT2D eigenvalue weighted by Gasteiger charge is -2.34. The number of ether oxygens (including phenoxy) is 2. The summed E-state index contributed by atoms with van der Waals surface area (Å²) >= 11 is 0. The molecule has 1 aromatic heterocycles. The predicted molar refractivity (Wildman–Crippen MR) is 130 cm³/mol. The van der Waals surface area contributed by atoms with Crippen molar-refractivity contribution < 1.29 is 19.1 Å². The van der Waals surface area contributed by atoms with Gasteiger partial charge in [0, 0.05) is 12.2 Å². The van der Waals surface area contributed by atoms with Gasteiger partial charge in [-0.3, -0.25) is 14.5 Å². The zero-order valence-corrected chi connectivity index (χ0v) is 19.9. The molecule has 4 rings (SSSR count). The Balaban J connectivity index is 1.62. The maximum Gasteiger partial charge on any atom is 0.279 e. The van der Waals surface area contributed by atoms with Crippen LogP contribution in [-0.2, 0) is 4.79 Å². The van der Waals surface area contributed by atoms with Crippen LogP contribution in [0.4, 0.5) is 5.69 Å². The lowest BCUT2D eigenvalue weighted by molar-refractivity contribution is -0.128. The first-order valence-electron chi connectivity index (χ1n) is 11.5. The molecule has 178 valence electrons. The van der Waals surface area contributed by atoms with E-state index < -0.39 is 6.10 Å². The maximum atomic E-state index is 13.6. The molecular weight excluding hydrogens is 432 g/mol. The first-order valence-corrected chi connectivity index (χ1v) is 11.5. The zero-order valence-electron chi connectivity index (χ0n) is 19.9. The summed E-state index contributed by atoms with van der Waals surface area (Å²) < 4.78 is 13.1. The molecule has 0 radical (unpaired) electrons. The van der Waals surface area contributed by atoms with Gasteiger partial charge in [0.1, 0.15) is 17.2 Å². The number of para-hydroxylation sites is 2. The van der Waals surface area contributed by atoms with E-state index in [1.165, 1.54) is 0 Å². The Morgan fingerprint density at radius 2 is 1.91 bits per heavy atom. The molecule has 0 aliphatic carbocycles. The van der Waals surface area contributed by atoms with Crippen molar-refractivity contribution in [3.05, 3.63) is 66.0 Å². The highest BCUT2D eigenvalue weighted by molar-refractivity contribution is 6.06. The monoisotopic (exact) mass is 462 g/mol. The lowest BCUT2D eigenvalue weighted by Crippen LogP contribution is -2.52. The van der Waals surface area contributed by atoms with Crippen LogP contribution in [-0.4, -0.2) is 47.4 Å². The van der Waals surface area contributed by atoms with Gasteiger partial charge in [-0.25, -0.2) is 4.68 Å². The third-order valence-electron chi connectivity index (χ3n) is 6.03. The molecule has 0 saturated carbocycles. The van der Waals surface area contributed by atoms with E-state index in [1.807, 2.05) is 57.2 Å². The summed E-state index contributed by atoms with van der Waals surface area (Å²) in [6.45, 7) is 6.14. The SMILES string of the molecule is CCC(CC)NC(=O)C1CN(C(=O)c2ccn(-c3cc(C)ccc3OC)n2)c2ccccc2O1. The van der Waals surface area contributed by atoms with Gasteiger partial charge < -0.3 is 14.8 Å². The molecule has 2 aromatic carbocycles. The van der Waals surface area contributed by atoms with E-state index in [1.54, 1.807) is 35.0 Å². The summed E-state index contributed by atoms with van der Waals surface area (Å²) in [5, 5.41) is 7.55. The number of hydrogen-bond donors (Lipinski definition) is 1. The molecule has 0 bridgehead atoms. The van der Waals surface area contributed by atoms with Crippen molar-refractivity contribution in [3.63, 3.8) is 0 Å². The van der Waals surface area contributed by atoms with E-state index in [-0.39, 0.29) is 30.1 Å². The number of hydrogen-bond acceptors (Lipinski definition) is 5. The van der Waals surface area contributed by atoms with Crippen LogP contribution in [0.3, 0.4) is 0 Å². The van der Waals surface area contributed by atoms with Crippen molar-refractivity contribution >= 4 is 17.5 Å². The average Bonchev–Trinajstić information content (AvgIpc) is 3.36. The molecule has 0 spiro atoms. The van der Waals surface area contributed by atoms with Crippen LogP contribution in [0.2, 0.25) is 0 Å². The van der Waals surface area contributed by atoms with E-state index >= 15 is 0 Å². The molecule has 1 atom stereocenters. The number of fused-ring (bicyclic) bond motifs is 1. The quantitative estimate of drug-likeness (QED) is 0.576. The fraction of sp³-hybridized carbons (Fsp3) is 0.346. The molecule has 1 N–H and O–H groups in total. The Morgan fingerprint density at radius 1 is 1.15 bits per heavy atom. The molecule has 1 unspecified atom stereocenters. The molecule has 8 nitrogen and oxygen atoms in total. The van der Waals surface area contributed by atoms with Gasteiger partial charge >= 0.3 is 0 Å². The van der Waals surface area contributed by atoms with E-state index in [0.29, 0.717) is 17.2 Å². The Labute approximate surface area is 199 Å². The number of aromatic nitrogens is 2. The standard InChI is InChI=1S/C26H30N4O4/c1-5-18(6-2)27-25(31)24-16-29(20-9-7-8-10-23(20)34-24)26(32)19-13-14-30(28-19)21-15-17(3)11-12-22(21)33-4/h7-15,18,24H,5-6,16H2,1-4H3,(H,27,31). The second-order valence-corrected chi connectivity index (χ2v) is 8.33. The number of benzene rings is 2. The molecule has 0 saturated heterocycles. The predicted octanol–water partition coefficient (Wildman–Crippen LogP) is 3.90. The van der Waals surface area contributed by atoms with Crippen molar-refractivity contribution in [2.45, 2.75) is 45.8 Å². The molecule has 34 heavy (non-hydrogen) atoms. The van der Waals surface area contributed by atoms with Crippen molar-refractivity contribution in [1.82, 2.24) is 15.1 Å². The molecule has 0 fully saturated rings. The van der Waals surface area contributed by atoms with Gasteiger partial charge in [-0.2, -0.15) is 5.10 Å². The van der Waals surface area contributed by atoms with E-state index in [9.17, 15) is 9.59 Å². The highest BCUT2D eigenvalue weighted by atomic mass is 16.5. The molecule has 2 heterocycles. The number of amides is 2. The lowest BCUT2D eigenvalue weighted by atomic mass is 10.1. The third kappa shape index (κ3) is 4.62. The van der Waals surface area contributed by atoms with Crippen LogP contribution in [0.15, 0.2) is 54.7 Å². The van der Waals surface area contributed by atoms with Gasteiger partial charge in [-0.1, -0.05) is 32.0 Å². The topological polar surface area (TPSA) is 85.7 Å². The van der Waals surface area contributed by atoms with Crippen LogP contribution in [0.25, 0.3) is 5.69 Å².